The van der Waals surface area contributed by atoms with Gasteiger partial charge in [0.2, 0.25) is 0 Å². The Kier molecular flexibility index (Phi) is 12.7. The highest BCUT2D eigenvalue weighted by atomic mass is 35.5. The Morgan fingerprint density at radius 3 is 1.75 bits per heavy atom. The molecule has 2 fully saturated rings. The van der Waals surface area contributed by atoms with Gasteiger partial charge in [0.05, 0.1) is 52.8 Å². The van der Waals surface area contributed by atoms with Gasteiger partial charge in [-0.1, -0.05) is 23.2 Å². The molecule has 2 heterocycles. The highest BCUT2D eigenvalue weighted by molar-refractivity contribution is 7.80. The molecule has 2 saturated carbocycles. The van der Waals surface area contributed by atoms with E-state index in [2.05, 4.69) is 31.2 Å². The van der Waals surface area contributed by atoms with Gasteiger partial charge in [0.1, 0.15) is 33.8 Å². The van der Waals surface area contributed by atoms with E-state index in [1.165, 1.54) is 32.5 Å². The van der Waals surface area contributed by atoms with Crippen molar-refractivity contribution in [3.8, 4) is 34.5 Å². The van der Waals surface area contributed by atoms with Gasteiger partial charge in [0.15, 0.2) is 16.7 Å². The molecule has 15 nitrogen and oxygen atoms in total. The van der Waals surface area contributed by atoms with Crippen LogP contribution in [-0.4, -0.2) is 59.2 Å². The molecule has 6 aromatic rings. The molecular weight excluding hydrogens is 850 g/mol. The topological polar surface area (TPSA) is 214 Å². The third kappa shape index (κ3) is 10.2. The van der Waals surface area contributed by atoms with Crippen LogP contribution in [-0.2, 0) is 0 Å². The van der Waals surface area contributed by atoms with Crippen molar-refractivity contribution in [3.05, 3.63) is 106 Å². The molecule has 61 heavy (non-hydrogen) atoms. The van der Waals surface area contributed by atoms with E-state index in [0.29, 0.717) is 66.6 Å². The fraction of sp³-hybridized carbons (Fsp3) is 0.190. The van der Waals surface area contributed by atoms with Crippen molar-refractivity contribution in [1.29, 1.82) is 0 Å². The van der Waals surface area contributed by atoms with Crippen molar-refractivity contribution in [2.45, 2.75) is 37.8 Å². The van der Waals surface area contributed by atoms with Crippen molar-refractivity contribution in [2.75, 3.05) is 24.9 Å². The number of anilines is 2. The molecule has 2 aromatic heterocycles. The number of pyridine rings is 2. The molecule has 8 rings (SSSR count). The van der Waals surface area contributed by atoms with E-state index in [-0.39, 0.29) is 45.5 Å². The van der Waals surface area contributed by atoms with E-state index >= 15 is 0 Å². The molecule has 0 unspecified atom stereocenters. The lowest BCUT2D eigenvalue weighted by atomic mass is 10.1. The molecule has 4 amide bonds. The number of ether oxygens (including phenoxy) is 4. The summed E-state index contributed by atoms with van der Waals surface area (Å²) in [6, 6.07) is 17.7. The first kappa shape index (κ1) is 42.4. The van der Waals surface area contributed by atoms with E-state index in [4.69, 9.17) is 65.8 Å². The van der Waals surface area contributed by atoms with Gasteiger partial charge in [-0.3, -0.25) is 19.6 Å². The van der Waals surface area contributed by atoms with Crippen LogP contribution in [0.3, 0.4) is 0 Å². The van der Waals surface area contributed by atoms with E-state index in [1.807, 2.05) is 0 Å². The summed E-state index contributed by atoms with van der Waals surface area (Å²) < 4.78 is 37.1. The second kappa shape index (κ2) is 18.3. The maximum absolute atomic E-state index is 14.9. The molecule has 0 radical (unpaired) electrons. The molecule has 2 aliphatic carbocycles. The predicted octanol–water partition coefficient (Wildman–Crippen LogP) is 8.45. The monoisotopic (exact) mass is 886 g/mol. The second-order valence-corrected chi connectivity index (χ2v) is 15.0. The van der Waals surface area contributed by atoms with Gasteiger partial charge in [-0.05, 0) is 86.4 Å². The third-order valence-electron chi connectivity index (χ3n) is 9.33. The maximum atomic E-state index is 14.9. The Labute approximate surface area is 363 Å². The fourth-order valence-corrected chi connectivity index (χ4v) is 6.65. The first-order chi connectivity index (χ1) is 29.3. The van der Waals surface area contributed by atoms with Crippen molar-refractivity contribution in [2.24, 2.45) is 11.5 Å². The summed E-state index contributed by atoms with van der Waals surface area (Å²) in [5.74, 6) is -0.328. The zero-order chi connectivity index (χ0) is 43.4. The minimum atomic E-state index is -0.755. The Morgan fingerprint density at radius 1 is 0.689 bits per heavy atom. The molecule has 0 aliphatic heterocycles. The summed E-state index contributed by atoms with van der Waals surface area (Å²) in [6.45, 7) is 0. The minimum absolute atomic E-state index is 0.0967. The number of fused-ring (bicyclic) bond motifs is 2. The minimum Gasteiger partial charge on any atom is -0.496 e. The zero-order valence-electron chi connectivity index (χ0n) is 32.4. The predicted molar refractivity (Wildman–Crippen MR) is 234 cm³/mol. The number of carbonyl (C=O) groups excluding carboxylic acids is 3. The first-order valence-corrected chi connectivity index (χ1v) is 19.8. The molecule has 2 aliphatic rings. The molecule has 0 atom stereocenters. The zero-order valence-corrected chi connectivity index (χ0v) is 34.8. The average molecular weight is 888 g/mol. The van der Waals surface area contributed by atoms with Gasteiger partial charge in [0, 0.05) is 53.4 Å². The fourth-order valence-electron chi connectivity index (χ4n) is 5.95. The third-order valence-corrected chi connectivity index (χ3v) is 10.2. The lowest BCUT2D eigenvalue weighted by Crippen LogP contribution is -2.30. The molecule has 8 N–H and O–H groups in total. The van der Waals surface area contributed by atoms with Crippen LogP contribution in [0.25, 0.3) is 21.8 Å². The molecule has 19 heteroatoms. The van der Waals surface area contributed by atoms with Crippen molar-refractivity contribution in [3.63, 3.8) is 0 Å². The average Bonchev–Trinajstić information content (AvgIpc) is 4.19. The van der Waals surface area contributed by atoms with Crippen LogP contribution >= 0.6 is 35.4 Å². The number of nitrogens with one attached hydrogen (secondary N) is 4. The van der Waals surface area contributed by atoms with Crippen molar-refractivity contribution >= 4 is 91.6 Å². The van der Waals surface area contributed by atoms with Crippen LogP contribution in [0, 0.1) is 5.82 Å². The number of amides is 4. The molecule has 0 spiro atoms. The number of halogens is 3. The number of nitrogens with two attached hydrogens (primary N) is 2. The summed E-state index contributed by atoms with van der Waals surface area (Å²) in [6.07, 6.45) is 7.19. The van der Waals surface area contributed by atoms with Gasteiger partial charge in [0.25, 0.3) is 11.8 Å². The largest absolute Gasteiger partial charge is 0.496 e. The van der Waals surface area contributed by atoms with Gasteiger partial charge in [-0.2, -0.15) is 0 Å². The number of rotatable bonds is 12. The number of aromatic nitrogens is 2. The summed E-state index contributed by atoms with van der Waals surface area (Å²) in [5.41, 5.74) is 13.1. The van der Waals surface area contributed by atoms with E-state index in [9.17, 15) is 18.8 Å². The van der Waals surface area contributed by atoms with E-state index in [1.54, 1.807) is 60.8 Å². The van der Waals surface area contributed by atoms with Crippen molar-refractivity contribution in [1.82, 2.24) is 20.6 Å². The molecule has 4 aromatic carbocycles. The molecule has 314 valence electrons. The Morgan fingerprint density at radius 2 is 1.23 bits per heavy atom. The smallest absolute Gasteiger partial charge is 0.319 e. The number of urea groups is 1. The highest BCUT2D eigenvalue weighted by Crippen LogP contribution is 2.39. The number of methoxy groups -OCH3 is 2. The number of nitrogens with zero attached hydrogens (tertiary/aromatic N) is 2. The Balaban J connectivity index is 0.000000184. The molecule has 0 bridgehead atoms. The van der Waals surface area contributed by atoms with Gasteiger partial charge in [-0.25, -0.2) is 9.18 Å². The Hall–Kier alpha value is -6.69. The number of hydrogen-bond acceptors (Lipinski definition) is 10. The van der Waals surface area contributed by atoms with Crippen LogP contribution < -0.4 is 51.7 Å². The Bertz CT molecular complexity index is 2720. The summed E-state index contributed by atoms with van der Waals surface area (Å²) in [5, 5.41) is 13.2. The van der Waals surface area contributed by atoms with Crippen LogP contribution in [0.1, 0.15) is 46.4 Å². The van der Waals surface area contributed by atoms with Crippen LogP contribution in [0.15, 0.2) is 79.1 Å². The van der Waals surface area contributed by atoms with Gasteiger partial charge < -0.3 is 51.7 Å². The summed E-state index contributed by atoms with van der Waals surface area (Å²) in [7, 11) is 2.88. The number of thiocarbonyl (C=S) groups is 1. The van der Waals surface area contributed by atoms with Gasteiger partial charge >= 0.3 is 6.03 Å². The van der Waals surface area contributed by atoms with Crippen LogP contribution in [0.2, 0.25) is 10.0 Å². The second-order valence-electron chi connectivity index (χ2n) is 13.8. The number of primary amides is 2. The lowest BCUT2D eigenvalue weighted by Gasteiger charge is -2.15. The highest BCUT2D eigenvalue weighted by Gasteiger charge is 2.25. The first-order valence-electron chi connectivity index (χ1n) is 18.6. The van der Waals surface area contributed by atoms with Crippen molar-refractivity contribution < 1.29 is 37.7 Å². The number of benzene rings is 4. The molecular formula is C42H37Cl2FN8O7S. The summed E-state index contributed by atoms with van der Waals surface area (Å²) >= 11 is 17.7. The maximum Gasteiger partial charge on any atom is 0.319 e. The van der Waals surface area contributed by atoms with Gasteiger partial charge in [-0.15, -0.1) is 0 Å². The normalized spacial score (nSPS) is 13.0. The number of carbonyl (C=O) groups is 3. The quantitative estimate of drug-likeness (QED) is 0.0639. The summed E-state index contributed by atoms with van der Waals surface area (Å²) in [4.78, 5) is 44.0. The van der Waals surface area contributed by atoms with E-state index in [0.717, 1.165) is 25.7 Å². The standard InChI is InChI=1S/C21H18ClFN4O3S.C21H19ClN4O4/c1-29-17-9-14-11(8-12(17)20(24)28)15(6-7-25-14)30-16-5-4-13(18(22)19(16)23)27-21(31)26-10-2-3-10;1-29-19-10-17-13(9-14(19)20(23)27)18(6-7-24-17)30-12-4-5-16(15(22)8-12)26-21(28)25-11-2-3-11/h4-10H,2-3H2,1H3,(H2,24,28)(H2,26,27,31);4-11H,2-3H2,1H3,(H2,23,27)(H2,25,26,28). The molecule has 0 saturated heterocycles. The SMILES string of the molecule is COc1cc2nccc(Oc3ccc(NC(=O)NC4CC4)c(Cl)c3)c2cc1C(N)=O.COc1cc2nccc(Oc3ccc(NC(=S)NC4CC4)c(Cl)c3F)c2cc1C(N)=O. The lowest BCUT2D eigenvalue weighted by molar-refractivity contribution is 0.0989. The van der Waals surface area contributed by atoms with Crippen LogP contribution in [0.4, 0.5) is 20.6 Å². The van der Waals surface area contributed by atoms with E-state index < -0.39 is 17.6 Å². The van der Waals surface area contributed by atoms with Crippen LogP contribution in [0.5, 0.6) is 34.5 Å². The number of hydrogen-bond donors (Lipinski definition) is 6.